The van der Waals surface area contributed by atoms with Gasteiger partial charge in [-0.05, 0) is 35.1 Å². The van der Waals surface area contributed by atoms with Gasteiger partial charge in [0.1, 0.15) is 12.6 Å². The molecule has 2 aromatic carbocycles. The van der Waals surface area contributed by atoms with Crippen molar-refractivity contribution in [3.8, 4) is 11.1 Å². The number of fused-ring (bicyclic) bond motifs is 3. The molecule has 8 heteroatoms. The first-order valence-corrected chi connectivity index (χ1v) is 11.1. The lowest BCUT2D eigenvalue weighted by molar-refractivity contribution is -0.149. The fourth-order valence-electron chi connectivity index (χ4n) is 4.72. The van der Waals surface area contributed by atoms with Crippen LogP contribution >= 0.6 is 0 Å². The van der Waals surface area contributed by atoms with Crippen molar-refractivity contribution in [2.24, 2.45) is 0 Å². The SMILES string of the molecule is COC(CNC(=O)OCC1c2ccccc2-c2ccccc21)CC(=O)N1CCC[C@@H]1C(=O)O. The van der Waals surface area contributed by atoms with E-state index in [0.29, 0.717) is 19.4 Å². The molecule has 0 spiro atoms. The quantitative estimate of drug-likeness (QED) is 0.638. The zero-order valence-electron chi connectivity index (χ0n) is 18.5. The second-order valence-corrected chi connectivity index (χ2v) is 8.35. The van der Waals surface area contributed by atoms with Crippen molar-refractivity contribution in [3.63, 3.8) is 0 Å². The number of rotatable bonds is 8. The van der Waals surface area contributed by atoms with Crippen molar-refractivity contribution in [1.82, 2.24) is 10.2 Å². The van der Waals surface area contributed by atoms with Gasteiger partial charge in [0.2, 0.25) is 5.91 Å². The molecule has 1 unspecified atom stereocenters. The molecule has 174 valence electrons. The number of hydrogen-bond donors (Lipinski definition) is 2. The van der Waals surface area contributed by atoms with E-state index in [1.54, 1.807) is 0 Å². The molecule has 2 N–H and O–H groups in total. The summed E-state index contributed by atoms with van der Waals surface area (Å²) in [7, 11) is 1.45. The third-order valence-electron chi connectivity index (χ3n) is 6.41. The average molecular weight is 453 g/mol. The van der Waals surface area contributed by atoms with Crippen LogP contribution in [0.3, 0.4) is 0 Å². The number of carboxylic acid groups (broad SMARTS) is 1. The fourth-order valence-corrected chi connectivity index (χ4v) is 4.72. The number of carboxylic acids is 1. The molecule has 0 radical (unpaired) electrons. The third-order valence-corrected chi connectivity index (χ3v) is 6.41. The Labute approximate surface area is 192 Å². The molecule has 2 amide bonds. The number of aliphatic carboxylic acids is 1. The number of nitrogens with one attached hydrogen (secondary N) is 1. The Morgan fingerprint density at radius 1 is 1.09 bits per heavy atom. The molecule has 2 atom stereocenters. The lowest BCUT2D eigenvalue weighted by Crippen LogP contribution is -2.43. The molecule has 1 fully saturated rings. The van der Waals surface area contributed by atoms with Gasteiger partial charge >= 0.3 is 12.1 Å². The molecule has 1 saturated heterocycles. The first-order chi connectivity index (χ1) is 16.0. The molecule has 1 heterocycles. The Balaban J connectivity index is 1.29. The number of ether oxygens (including phenoxy) is 2. The summed E-state index contributed by atoms with van der Waals surface area (Å²) in [5.74, 6) is -1.32. The predicted octanol–water partition coefficient (Wildman–Crippen LogP) is 3.01. The lowest BCUT2D eigenvalue weighted by atomic mass is 9.98. The van der Waals surface area contributed by atoms with E-state index in [0.717, 1.165) is 22.3 Å². The largest absolute Gasteiger partial charge is 0.480 e. The van der Waals surface area contributed by atoms with E-state index < -0.39 is 24.2 Å². The smallest absolute Gasteiger partial charge is 0.407 e. The first kappa shape index (κ1) is 22.8. The standard InChI is InChI=1S/C25H28N2O6/c1-32-16(13-23(28)27-12-6-11-22(27)24(29)30)14-26-25(31)33-15-21-19-9-4-2-7-17(19)18-8-3-5-10-20(18)21/h2-5,7-10,16,21-22H,6,11-15H2,1H3,(H,26,31)(H,29,30)/t16?,22-/m1/s1. The van der Waals surface area contributed by atoms with Gasteiger partial charge in [-0.1, -0.05) is 48.5 Å². The van der Waals surface area contributed by atoms with Crippen LogP contribution in [0.15, 0.2) is 48.5 Å². The highest BCUT2D eigenvalue weighted by Gasteiger charge is 2.35. The highest BCUT2D eigenvalue weighted by atomic mass is 16.5. The fraction of sp³-hybridized carbons (Fsp3) is 0.400. The van der Waals surface area contributed by atoms with Crippen molar-refractivity contribution in [2.75, 3.05) is 26.8 Å². The summed E-state index contributed by atoms with van der Waals surface area (Å²) in [6, 6.07) is 15.4. The average Bonchev–Trinajstić information content (AvgIpc) is 3.44. The maximum Gasteiger partial charge on any atom is 0.407 e. The second kappa shape index (κ2) is 10.0. The van der Waals surface area contributed by atoms with E-state index in [2.05, 4.69) is 29.6 Å². The Hall–Kier alpha value is -3.39. The number of alkyl carbamates (subject to hydrolysis) is 1. The highest BCUT2D eigenvalue weighted by Crippen LogP contribution is 2.44. The monoisotopic (exact) mass is 452 g/mol. The number of likely N-dealkylation sites (tertiary alicyclic amines) is 1. The number of hydrogen-bond acceptors (Lipinski definition) is 5. The van der Waals surface area contributed by atoms with Gasteiger partial charge in [-0.15, -0.1) is 0 Å². The van der Waals surface area contributed by atoms with Crippen molar-refractivity contribution in [2.45, 2.75) is 37.3 Å². The molecule has 2 aromatic rings. The van der Waals surface area contributed by atoms with Crippen LogP contribution in [0, 0.1) is 0 Å². The number of methoxy groups -OCH3 is 1. The lowest BCUT2D eigenvalue weighted by Gasteiger charge is -2.24. The second-order valence-electron chi connectivity index (χ2n) is 8.35. The molecular weight excluding hydrogens is 424 g/mol. The normalized spacial score (nSPS) is 17.8. The molecule has 4 rings (SSSR count). The van der Waals surface area contributed by atoms with Crippen molar-refractivity contribution < 1.29 is 29.0 Å². The van der Waals surface area contributed by atoms with Crippen molar-refractivity contribution >= 4 is 18.0 Å². The molecule has 0 bridgehead atoms. The Bertz CT molecular complexity index is 994. The minimum absolute atomic E-state index is 0.00998. The maximum absolute atomic E-state index is 12.5. The Morgan fingerprint density at radius 3 is 2.33 bits per heavy atom. The molecule has 0 aromatic heterocycles. The van der Waals surface area contributed by atoms with Crippen LogP contribution in [-0.4, -0.2) is 66.9 Å². The van der Waals surface area contributed by atoms with Crippen LogP contribution in [0.2, 0.25) is 0 Å². The third kappa shape index (κ3) is 4.85. The minimum atomic E-state index is -0.994. The summed E-state index contributed by atoms with van der Waals surface area (Å²) in [5.41, 5.74) is 4.57. The first-order valence-electron chi connectivity index (χ1n) is 11.1. The van der Waals surface area contributed by atoms with Crippen molar-refractivity contribution in [1.29, 1.82) is 0 Å². The van der Waals surface area contributed by atoms with E-state index >= 15 is 0 Å². The van der Waals surface area contributed by atoms with Gasteiger partial charge in [0.05, 0.1) is 12.5 Å². The summed E-state index contributed by atoms with van der Waals surface area (Å²) < 4.78 is 10.8. The van der Waals surface area contributed by atoms with Gasteiger partial charge in [-0.2, -0.15) is 0 Å². The summed E-state index contributed by atoms with van der Waals surface area (Å²) in [4.78, 5) is 37.6. The van der Waals surface area contributed by atoms with Crippen LogP contribution in [0.1, 0.15) is 36.3 Å². The zero-order chi connectivity index (χ0) is 23.4. The number of nitrogens with zero attached hydrogens (tertiary/aromatic N) is 1. The van der Waals surface area contributed by atoms with E-state index in [4.69, 9.17) is 9.47 Å². The van der Waals surface area contributed by atoms with Crippen LogP contribution in [0.5, 0.6) is 0 Å². The molecule has 2 aliphatic rings. The van der Waals surface area contributed by atoms with E-state index in [1.165, 1.54) is 12.0 Å². The summed E-state index contributed by atoms with van der Waals surface area (Å²) in [6.07, 6.45) is -0.0529. The van der Waals surface area contributed by atoms with Gasteiger partial charge in [0.25, 0.3) is 0 Å². The van der Waals surface area contributed by atoms with Gasteiger partial charge in [-0.3, -0.25) is 4.79 Å². The number of carbonyl (C=O) groups is 3. The number of carbonyl (C=O) groups excluding carboxylic acids is 2. The van der Waals surface area contributed by atoms with Crippen LogP contribution in [0.25, 0.3) is 11.1 Å². The van der Waals surface area contributed by atoms with E-state index in [1.807, 2.05) is 24.3 Å². The van der Waals surface area contributed by atoms with Gasteiger partial charge < -0.3 is 24.8 Å². The molecule has 1 aliphatic heterocycles. The van der Waals surface area contributed by atoms with Crippen LogP contribution in [-0.2, 0) is 19.1 Å². The zero-order valence-corrected chi connectivity index (χ0v) is 18.5. The maximum atomic E-state index is 12.5. The van der Waals surface area contributed by atoms with Gasteiger partial charge in [0, 0.05) is 26.1 Å². The van der Waals surface area contributed by atoms with Crippen LogP contribution < -0.4 is 5.32 Å². The summed E-state index contributed by atoms with van der Waals surface area (Å²) >= 11 is 0. The number of benzene rings is 2. The van der Waals surface area contributed by atoms with Gasteiger partial charge in [-0.25, -0.2) is 9.59 Å². The molecule has 1 aliphatic carbocycles. The molecule has 33 heavy (non-hydrogen) atoms. The molecule has 8 nitrogen and oxygen atoms in total. The molecular formula is C25H28N2O6. The van der Waals surface area contributed by atoms with Gasteiger partial charge in [0.15, 0.2) is 0 Å². The van der Waals surface area contributed by atoms with Crippen molar-refractivity contribution in [3.05, 3.63) is 59.7 Å². The van der Waals surface area contributed by atoms with E-state index in [9.17, 15) is 19.5 Å². The van der Waals surface area contributed by atoms with Crippen LogP contribution in [0.4, 0.5) is 4.79 Å². The summed E-state index contributed by atoms with van der Waals surface area (Å²) in [6.45, 7) is 0.709. The molecule has 0 saturated carbocycles. The highest BCUT2D eigenvalue weighted by molar-refractivity contribution is 5.84. The van der Waals surface area contributed by atoms with E-state index in [-0.39, 0.29) is 31.4 Å². The Morgan fingerprint density at radius 2 is 1.73 bits per heavy atom. The minimum Gasteiger partial charge on any atom is -0.480 e. The number of amides is 2. The Kier molecular flexibility index (Phi) is 6.93. The summed E-state index contributed by atoms with van der Waals surface area (Å²) in [5, 5.41) is 11.9. The predicted molar refractivity (Wildman–Crippen MR) is 121 cm³/mol. The topological polar surface area (TPSA) is 105 Å².